The van der Waals surface area contributed by atoms with Gasteiger partial charge < -0.3 is 15.3 Å². The minimum Gasteiger partial charge on any atom is -0.478 e. The van der Waals surface area contributed by atoms with Gasteiger partial charge in [0.15, 0.2) is 0 Å². The third-order valence-corrected chi connectivity index (χ3v) is 3.75. The number of anilines is 1. The van der Waals surface area contributed by atoms with Crippen LogP contribution in [0, 0.1) is 5.92 Å². The van der Waals surface area contributed by atoms with E-state index in [0.717, 1.165) is 6.42 Å². The molecule has 0 fully saturated rings. The molecule has 1 rings (SSSR count). The van der Waals surface area contributed by atoms with Crippen LogP contribution in [-0.4, -0.2) is 35.6 Å². The van der Waals surface area contributed by atoms with Crippen molar-refractivity contribution in [3.63, 3.8) is 0 Å². The highest BCUT2D eigenvalue weighted by atomic mass is 35.5. The van der Waals surface area contributed by atoms with Gasteiger partial charge in [0.05, 0.1) is 21.3 Å². The van der Waals surface area contributed by atoms with E-state index in [4.69, 9.17) is 28.3 Å². The number of carbonyl (C=O) groups excluding carboxylic acids is 1. The predicted molar refractivity (Wildman–Crippen MR) is 84.5 cm³/mol. The topological polar surface area (TPSA) is 69.6 Å². The SMILES string of the molecule is CCC(C)CN(C)C(=O)Nc1c(Cl)cc(C(=O)O)cc1Cl. The highest BCUT2D eigenvalue weighted by molar-refractivity contribution is 6.40. The zero-order valence-electron chi connectivity index (χ0n) is 12.1. The van der Waals surface area contributed by atoms with Gasteiger partial charge in [0, 0.05) is 13.6 Å². The Morgan fingerprint density at radius 1 is 1.33 bits per heavy atom. The Morgan fingerprint density at radius 2 is 1.86 bits per heavy atom. The molecule has 2 N–H and O–H groups in total. The van der Waals surface area contributed by atoms with E-state index in [1.807, 2.05) is 6.92 Å². The van der Waals surface area contributed by atoms with Crippen LogP contribution in [0.5, 0.6) is 0 Å². The molecule has 1 aromatic rings. The molecular weight excluding hydrogens is 315 g/mol. The lowest BCUT2D eigenvalue weighted by Gasteiger charge is -2.22. The van der Waals surface area contributed by atoms with Crippen molar-refractivity contribution in [1.29, 1.82) is 0 Å². The predicted octanol–water partition coefficient (Wildman–Crippen LogP) is 4.20. The molecule has 5 nitrogen and oxygen atoms in total. The van der Waals surface area contributed by atoms with Gasteiger partial charge in [-0.25, -0.2) is 9.59 Å². The average molecular weight is 333 g/mol. The maximum Gasteiger partial charge on any atom is 0.335 e. The average Bonchev–Trinajstić information content (AvgIpc) is 2.41. The van der Waals surface area contributed by atoms with E-state index < -0.39 is 5.97 Å². The fourth-order valence-electron chi connectivity index (χ4n) is 1.70. The molecule has 0 radical (unpaired) electrons. The summed E-state index contributed by atoms with van der Waals surface area (Å²) >= 11 is 12.0. The van der Waals surface area contributed by atoms with Gasteiger partial charge in [-0.15, -0.1) is 0 Å². The first kappa shape index (κ1) is 17.6. The summed E-state index contributed by atoms with van der Waals surface area (Å²) in [5, 5.41) is 11.7. The Bertz CT molecular complexity index is 526. The summed E-state index contributed by atoms with van der Waals surface area (Å²) in [5.41, 5.74) is 0.181. The number of hydrogen-bond donors (Lipinski definition) is 2. The standard InChI is InChI=1S/C14H18Cl2N2O3/c1-4-8(2)7-18(3)14(21)17-12-10(15)5-9(13(19)20)6-11(12)16/h5-6,8H,4,7H2,1-3H3,(H,17,21)(H,19,20). The molecule has 116 valence electrons. The van der Waals surface area contributed by atoms with Crippen LogP contribution in [0.15, 0.2) is 12.1 Å². The zero-order chi connectivity index (χ0) is 16.2. The molecule has 0 saturated heterocycles. The number of amides is 2. The number of carboxylic acids is 1. The smallest absolute Gasteiger partial charge is 0.335 e. The van der Waals surface area contributed by atoms with Crippen LogP contribution >= 0.6 is 23.2 Å². The van der Waals surface area contributed by atoms with Crippen LogP contribution < -0.4 is 5.32 Å². The molecule has 2 amide bonds. The van der Waals surface area contributed by atoms with E-state index in [-0.39, 0.29) is 27.3 Å². The summed E-state index contributed by atoms with van der Waals surface area (Å²) in [6.45, 7) is 4.70. The van der Waals surface area contributed by atoms with E-state index >= 15 is 0 Å². The number of halogens is 2. The van der Waals surface area contributed by atoms with Crippen molar-refractivity contribution in [3.05, 3.63) is 27.7 Å². The highest BCUT2D eigenvalue weighted by Gasteiger charge is 2.17. The Hall–Kier alpha value is -1.46. The molecule has 0 bridgehead atoms. The van der Waals surface area contributed by atoms with Crippen molar-refractivity contribution in [2.24, 2.45) is 5.92 Å². The minimum atomic E-state index is -1.13. The first-order valence-electron chi connectivity index (χ1n) is 6.50. The lowest BCUT2D eigenvalue weighted by Crippen LogP contribution is -2.34. The number of urea groups is 1. The van der Waals surface area contributed by atoms with Gasteiger partial charge in [0.1, 0.15) is 0 Å². The molecule has 1 aromatic carbocycles. The Balaban J connectivity index is 2.88. The summed E-state index contributed by atoms with van der Waals surface area (Å²) < 4.78 is 0. The summed E-state index contributed by atoms with van der Waals surface area (Å²) in [7, 11) is 1.68. The molecule has 0 heterocycles. The number of carbonyl (C=O) groups is 2. The van der Waals surface area contributed by atoms with Gasteiger partial charge in [-0.1, -0.05) is 43.5 Å². The van der Waals surface area contributed by atoms with Gasteiger partial charge in [-0.3, -0.25) is 0 Å². The van der Waals surface area contributed by atoms with Crippen LogP contribution in [0.4, 0.5) is 10.5 Å². The van der Waals surface area contributed by atoms with Crippen molar-refractivity contribution in [3.8, 4) is 0 Å². The molecule has 7 heteroatoms. The van der Waals surface area contributed by atoms with Crippen LogP contribution in [0.1, 0.15) is 30.6 Å². The fourth-order valence-corrected chi connectivity index (χ4v) is 2.28. The maximum absolute atomic E-state index is 12.1. The van der Waals surface area contributed by atoms with Crippen molar-refractivity contribution in [1.82, 2.24) is 4.90 Å². The molecule has 1 unspecified atom stereocenters. The number of carboxylic acid groups (broad SMARTS) is 1. The van der Waals surface area contributed by atoms with Gasteiger partial charge in [-0.05, 0) is 18.1 Å². The van der Waals surface area contributed by atoms with E-state index in [9.17, 15) is 9.59 Å². The number of benzene rings is 1. The molecule has 0 aliphatic heterocycles. The largest absolute Gasteiger partial charge is 0.478 e. The molecule has 0 aromatic heterocycles. The van der Waals surface area contributed by atoms with Crippen molar-refractivity contribution in [2.75, 3.05) is 18.9 Å². The van der Waals surface area contributed by atoms with Crippen LogP contribution in [-0.2, 0) is 0 Å². The lowest BCUT2D eigenvalue weighted by molar-refractivity contribution is 0.0697. The fraction of sp³-hybridized carbons (Fsp3) is 0.429. The molecule has 0 aliphatic carbocycles. The minimum absolute atomic E-state index is 0.0315. The quantitative estimate of drug-likeness (QED) is 0.848. The molecule has 0 aliphatic rings. The summed E-state index contributed by atoms with van der Waals surface area (Å²) in [5.74, 6) is -0.758. The van der Waals surface area contributed by atoms with Crippen molar-refractivity contribution < 1.29 is 14.7 Å². The third-order valence-electron chi connectivity index (χ3n) is 3.15. The van der Waals surface area contributed by atoms with Gasteiger partial charge >= 0.3 is 12.0 Å². The molecule has 0 saturated carbocycles. The highest BCUT2D eigenvalue weighted by Crippen LogP contribution is 2.32. The number of aromatic carboxylic acids is 1. The Morgan fingerprint density at radius 3 is 2.29 bits per heavy atom. The van der Waals surface area contributed by atoms with E-state index in [2.05, 4.69) is 12.2 Å². The van der Waals surface area contributed by atoms with E-state index in [1.165, 1.54) is 17.0 Å². The number of hydrogen-bond acceptors (Lipinski definition) is 2. The van der Waals surface area contributed by atoms with E-state index in [0.29, 0.717) is 12.5 Å². The molecule has 0 spiro atoms. The molecule has 1 atom stereocenters. The Kier molecular flexibility index (Phi) is 6.30. The van der Waals surface area contributed by atoms with Crippen molar-refractivity contribution in [2.45, 2.75) is 20.3 Å². The maximum atomic E-state index is 12.1. The number of rotatable bonds is 5. The first-order chi connectivity index (χ1) is 9.76. The number of nitrogens with zero attached hydrogens (tertiary/aromatic N) is 1. The van der Waals surface area contributed by atoms with Crippen LogP contribution in [0.25, 0.3) is 0 Å². The monoisotopic (exact) mass is 332 g/mol. The Labute approximate surface area is 133 Å². The van der Waals surface area contributed by atoms with Gasteiger partial charge in [0.2, 0.25) is 0 Å². The zero-order valence-corrected chi connectivity index (χ0v) is 13.6. The molecular formula is C14H18Cl2N2O3. The van der Waals surface area contributed by atoms with E-state index in [1.54, 1.807) is 7.05 Å². The lowest BCUT2D eigenvalue weighted by atomic mass is 10.1. The third kappa shape index (κ3) is 4.79. The normalized spacial score (nSPS) is 11.9. The second-order valence-electron chi connectivity index (χ2n) is 4.94. The first-order valence-corrected chi connectivity index (χ1v) is 7.26. The second kappa shape index (κ2) is 7.52. The van der Waals surface area contributed by atoms with Gasteiger partial charge in [-0.2, -0.15) is 0 Å². The van der Waals surface area contributed by atoms with Crippen LogP contribution in [0.3, 0.4) is 0 Å². The second-order valence-corrected chi connectivity index (χ2v) is 5.76. The summed E-state index contributed by atoms with van der Waals surface area (Å²) in [6, 6.07) is 2.15. The number of nitrogens with one attached hydrogen (secondary N) is 1. The van der Waals surface area contributed by atoms with Crippen molar-refractivity contribution >= 4 is 40.9 Å². The molecule has 21 heavy (non-hydrogen) atoms. The summed E-state index contributed by atoms with van der Waals surface area (Å²) in [6.07, 6.45) is 0.965. The van der Waals surface area contributed by atoms with Gasteiger partial charge in [0.25, 0.3) is 0 Å². The van der Waals surface area contributed by atoms with Crippen LogP contribution in [0.2, 0.25) is 10.0 Å². The summed E-state index contributed by atoms with van der Waals surface area (Å²) in [4.78, 5) is 24.5.